The van der Waals surface area contributed by atoms with Crippen LogP contribution in [0.4, 0.5) is 4.79 Å². The molecule has 1 aromatic rings. The third-order valence-electron chi connectivity index (χ3n) is 6.15. The molecule has 0 fully saturated rings. The Balaban J connectivity index is 1.68. The van der Waals surface area contributed by atoms with Crippen LogP contribution in [0.15, 0.2) is 24.3 Å². The highest BCUT2D eigenvalue weighted by molar-refractivity contribution is 7.80. The number of carbonyl (C=O) groups is 1. The molecule has 2 amide bonds. The monoisotopic (exact) mass is 532 g/mol. The van der Waals surface area contributed by atoms with Gasteiger partial charge >= 0.3 is 6.03 Å². The summed E-state index contributed by atoms with van der Waals surface area (Å²) in [6.45, 7) is 3.23. The van der Waals surface area contributed by atoms with Crippen molar-refractivity contribution in [1.82, 2.24) is 31.5 Å². The first-order valence-electron chi connectivity index (χ1n) is 13.4. The number of guanidine groups is 2. The lowest BCUT2D eigenvalue weighted by Crippen LogP contribution is -2.47. The molecule has 0 atom stereocenters. The summed E-state index contributed by atoms with van der Waals surface area (Å²) in [5.74, 6) is 1.05. The highest BCUT2D eigenvalue weighted by atomic mass is 32.1. The van der Waals surface area contributed by atoms with Crippen LogP contribution in [0.1, 0.15) is 69.8 Å². The van der Waals surface area contributed by atoms with Gasteiger partial charge in [0.25, 0.3) is 0 Å². The summed E-state index contributed by atoms with van der Waals surface area (Å²) in [5.41, 5.74) is 0.969. The van der Waals surface area contributed by atoms with Gasteiger partial charge in [0.05, 0.1) is 6.61 Å². The van der Waals surface area contributed by atoms with E-state index in [1.807, 2.05) is 29.2 Å². The van der Waals surface area contributed by atoms with E-state index in [1.165, 1.54) is 0 Å². The first-order valence-corrected chi connectivity index (χ1v) is 13.8. The van der Waals surface area contributed by atoms with Crippen molar-refractivity contribution in [3.63, 3.8) is 0 Å². The van der Waals surface area contributed by atoms with Crippen LogP contribution in [-0.4, -0.2) is 61.3 Å². The molecule has 37 heavy (non-hydrogen) atoms. The number of nitrogens with zero attached hydrogens (tertiary/aromatic N) is 1. The molecule has 1 aromatic carbocycles. The number of fused-ring (bicyclic) bond motifs is 1. The van der Waals surface area contributed by atoms with Crippen LogP contribution in [0.2, 0.25) is 0 Å². The molecular weight excluding hydrogens is 488 g/mol. The minimum absolute atomic E-state index is 0.00402. The number of benzene rings is 1. The second-order valence-electron chi connectivity index (χ2n) is 9.14. The number of carbonyl (C=O) groups excluding carboxylic acids is 1. The maximum absolute atomic E-state index is 12.9. The van der Waals surface area contributed by atoms with Gasteiger partial charge in [0, 0.05) is 38.8 Å². The zero-order chi connectivity index (χ0) is 26.7. The van der Waals surface area contributed by atoms with Crippen LogP contribution in [0, 0.1) is 10.8 Å². The van der Waals surface area contributed by atoms with Crippen molar-refractivity contribution >= 4 is 35.3 Å². The van der Waals surface area contributed by atoms with Crippen LogP contribution in [0.25, 0.3) is 0 Å². The molecule has 0 unspecified atom stereocenters. The Morgan fingerprint density at radius 1 is 1.08 bits per heavy atom. The summed E-state index contributed by atoms with van der Waals surface area (Å²) < 4.78 is 5.95. The summed E-state index contributed by atoms with van der Waals surface area (Å²) >= 11 is 4.97. The van der Waals surface area contributed by atoms with Crippen molar-refractivity contribution in [1.29, 1.82) is 10.8 Å². The van der Waals surface area contributed by atoms with Gasteiger partial charge in [0.2, 0.25) is 0 Å². The van der Waals surface area contributed by atoms with Crippen LogP contribution in [-0.2, 0) is 6.54 Å². The number of nitrogens with one attached hydrogen (secondary N) is 7. The maximum atomic E-state index is 12.9. The molecule has 7 N–H and O–H groups in total. The number of thiocarbonyl (C=S) groups is 1. The van der Waals surface area contributed by atoms with Gasteiger partial charge in [-0.15, -0.1) is 0 Å². The fourth-order valence-electron chi connectivity index (χ4n) is 4.03. The summed E-state index contributed by atoms with van der Waals surface area (Å²) in [7, 11) is 1.72. The lowest BCUT2D eigenvalue weighted by molar-refractivity contribution is 0.199. The third kappa shape index (κ3) is 13.2. The van der Waals surface area contributed by atoms with E-state index in [2.05, 4.69) is 26.6 Å². The van der Waals surface area contributed by atoms with E-state index >= 15 is 0 Å². The molecular formula is C26H44N8O2S. The minimum Gasteiger partial charge on any atom is -0.493 e. The number of hydrogen-bond acceptors (Lipinski definition) is 5. The molecule has 2 rings (SSSR count). The van der Waals surface area contributed by atoms with Crippen molar-refractivity contribution in [2.75, 3.05) is 33.3 Å². The largest absolute Gasteiger partial charge is 0.493 e. The van der Waals surface area contributed by atoms with Gasteiger partial charge in [-0.3, -0.25) is 16.1 Å². The van der Waals surface area contributed by atoms with E-state index in [0.29, 0.717) is 31.4 Å². The maximum Gasteiger partial charge on any atom is 0.324 e. The SMILES string of the molecule is CNC(=S)NC(=N)NCCCCCCCCN1CCCCCCOc2ccccc2CNC(=N)NC1=O. The average Bonchev–Trinajstić information content (AvgIpc) is 2.89. The molecule has 11 heteroatoms. The Bertz CT molecular complexity index is 867. The van der Waals surface area contributed by atoms with E-state index in [0.717, 1.165) is 82.1 Å². The van der Waals surface area contributed by atoms with E-state index < -0.39 is 0 Å². The Morgan fingerprint density at radius 3 is 2.62 bits per heavy atom. The highest BCUT2D eigenvalue weighted by Crippen LogP contribution is 2.18. The average molecular weight is 533 g/mol. The van der Waals surface area contributed by atoms with Crippen LogP contribution < -0.4 is 31.3 Å². The standard InChI is InChI=1S/C26H44N8O2S/c1-29-25(37)32-23(27)30-16-10-4-2-3-5-11-17-34-18-12-6-7-13-19-36-22-15-9-8-14-21(22)20-31-24(28)33-26(34)35/h8-9,14-15H,2-7,10-13,16-20H2,1H3,(H3,28,31,33,35)(H4,27,29,30,32,37). The molecule has 0 aliphatic carbocycles. The van der Waals surface area contributed by atoms with Crippen molar-refractivity contribution in [3.05, 3.63) is 29.8 Å². The fourth-order valence-corrected chi connectivity index (χ4v) is 4.13. The van der Waals surface area contributed by atoms with Gasteiger partial charge in [0.15, 0.2) is 17.0 Å². The minimum atomic E-state index is -0.211. The molecule has 1 heterocycles. The molecule has 10 nitrogen and oxygen atoms in total. The predicted molar refractivity (Wildman–Crippen MR) is 153 cm³/mol. The third-order valence-corrected chi connectivity index (χ3v) is 6.46. The quantitative estimate of drug-likeness (QED) is 0.112. The van der Waals surface area contributed by atoms with Gasteiger partial charge in [-0.25, -0.2) is 4.79 Å². The lowest BCUT2D eigenvalue weighted by atomic mass is 10.1. The van der Waals surface area contributed by atoms with Gasteiger partial charge in [-0.1, -0.05) is 56.7 Å². The van der Waals surface area contributed by atoms with E-state index in [9.17, 15) is 4.79 Å². The van der Waals surface area contributed by atoms with E-state index in [1.54, 1.807) is 7.05 Å². The number of ether oxygens (including phenoxy) is 1. The predicted octanol–water partition coefficient (Wildman–Crippen LogP) is 3.63. The molecule has 0 radical (unpaired) electrons. The number of hydrogen-bond donors (Lipinski definition) is 7. The summed E-state index contributed by atoms with van der Waals surface area (Å²) in [6.07, 6.45) is 10.4. The Hall–Kier alpha value is -3.08. The van der Waals surface area contributed by atoms with Gasteiger partial charge in [-0.05, 0) is 44.0 Å². The highest BCUT2D eigenvalue weighted by Gasteiger charge is 2.15. The molecule has 0 saturated heterocycles. The van der Waals surface area contributed by atoms with Crippen LogP contribution in [0.5, 0.6) is 5.75 Å². The summed E-state index contributed by atoms with van der Waals surface area (Å²) in [6, 6.07) is 7.61. The van der Waals surface area contributed by atoms with Crippen molar-refractivity contribution in [2.45, 2.75) is 70.8 Å². The van der Waals surface area contributed by atoms with Crippen LogP contribution >= 0.6 is 12.2 Å². The van der Waals surface area contributed by atoms with Crippen molar-refractivity contribution in [2.24, 2.45) is 0 Å². The Kier molecular flexibility index (Phi) is 14.8. The fraction of sp³-hybridized carbons (Fsp3) is 0.615. The number of urea groups is 1. The first kappa shape index (κ1) is 30.1. The second kappa shape index (κ2) is 18.2. The summed E-state index contributed by atoms with van der Waals surface area (Å²) in [4.78, 5) is 14.7. The number of unbranched alkanes of at least 4 members (excludes halogenated alkanes) is 5. The molecule has 1 aliphatic heterocycles. The molecule has 0 aromatic heterocycles. The number of para-hydroxylation sites is 1. The van der Waals surface area contributed by atoms with Crippen LogP contribution in [0.3, 0.4) is 0 Å². The Morgan fingerprint density at radius 2 is 1.81 bits per heavy atom. The first-order chi connectivity index (χ1) is 18.0. The van der Waals surface area contributed by atoms with Gasteiger partial charge < -0.3 is 30.9 Å². The van der Waals surface area contributed by atoms with Crippen molar-refractivity contribution in [3.8, 4) is 5.75 Å². The zero-order valence-electron chi connectivity index (χ0n) is 22.1. The lowest BCUT2D eigenvalue weighted by Gasteiger charge is -2.23. The molecule has 0 bridgehead atoms. The Labute approximate surface area is 226 Å². The molecule has 206 valence electrons. The summed E-state index contributed by atoms with van der Waals surface area (Å²) in [5, 5.41) is 30.6. The number of amides is 2. The second-order valence-corrected chi connectivity index (χ2v) is 9.55. The van der Waals surface area contributed by atoms with Gasteiger partial charge in [-0.2, -0.15) is 0 Å². The normalized spacial score (nSPS) is 15.1. The van der Waals surface area contributed by atoms with Crippen molar-refractivity contribution < 1.29 is 9.53 Å². The number of rotatable bonds is 9. The smallest absolute Gasteiger partial charge is 0.324 e. The molecule has 1 aliphatic rings. The molecule has 0 saturated carbocycles. The van der Waals surface area contributed by atoms with Gasteiger partial charge in [0.1, 0.15) is 5.75 Å². The van der Waals surface area contributed by atoms with E-state index in [-0.39, 0.29) is 18.0 Å². The topological polar surface area (TPSA) is 137 Å². The zero-order valence-corrected chi connectivity index (χ0v) is 22.9. The molecule has 0 spiro atoms. The van der Waals surface area contributed by atoms with E-state index in [4.69, 9.17) is 27.8 Å².